The molecular weight excluding hydrogens is 261 g/mol. The van der Waals surface area contributed by atoms with Crippen LogP contribution in [-0.2, 0) is 6.54 Å². The van der Waals surface area contributed by atoms with Gasteiger partial charge in [0.15, 0.2) is 6.54 Å². The van der Waals surface area contributed by atoms with Gasteiger partial charge < -0.3 is 17.3 Å². The van der Waals surface area contributed by atoms with E-state index in [1.807, 2.05) is 22.9 Å². The Morgan fingerprint density at radius 1 is 1.11 bits per heavy atom. The van der Waals surface area contributed by atoms with Crippen LogP contribution < -0.4 is 4.74 Å². The molecule has 7 heteroatoms. The fraction of sp³-hybridized carbons (Fsp3) is 0.250. The van der Waals surface area contributed by atoms with Gasteiger partial charge in [-0.1, -0.05) is 30.3 Å². The van der Waals surface area contributed by atoms with Crippen LogP contribution in [0.5, 0.6) is 0 Å². The van der Waals surface area contributed by atoms with Gasteiger partial charge in [0, 0.05) is 12.5 Å². The van der Waals surface area contributed by atoms with Gasteiger partial charge in [0.05, 0.1) is 6.07 Å². The molecule has 2 nitrogen and oxygen atoms in total. The quantitative estimate of drug-likeness (QED) is 0.462. The molecule has 0 aliphatic rings. The standard InChI is InChI=1S/C12H14NO.BF4/c1-3-13-10(2)9-12(14-13)11-7-5-4-6-8-11;2-1(3,4)5/h4-9H,3H2,1-2H3;/q+1;-1. The third-order valence-corrected chi connectivity index (χ3v) is 2.29. The second-order valence-electron chi connectivity index (χ2n) is 3.80. The Kier molecular flexibility index (Phi) is 5.15. The lowest BCUT2D eigenvalue weighted by molar-refractivity contribution is -0.864. The molecule has 0 N–H and O–H groups in total. The molecule has 2 rings (SSSR count). The smallest absolute Gasteiger partial charge is 0.418 e. The molecule has 0 atom stereocenters. The van der Waals surface area contributed by atoms with E-state index in [1.165, 1.54) is 0 Å². The summed E-state index contributed by atoms with van der Waals surface area (Å²) in [4.78, 5) is 0. The average molecular weight is 275 g/mol. The summed E-state index contributed by atoms with van der Waals surface area (Å²) in [6.45, 7) is 5.00. The Morgan fingerprint density at radius 2 is 1.63 bits per heavy atom. The molecule has 104 valence electrons. The van der Waals surface area contributed by atoms with Gasteiger partial charge in [-0.25, -0.2) is 4.52 Å². The molecule has 0 saturated heterocycles. The van der Waals surface area contributed by atoms with Crippen molar-refractivity contribution >= 4 is 7.25 Å². The second-order valence-corrected chi connectivity index (χ2v) is 3.80. The normalized spacial score (nSPS) is 10.8. The molecule has 0 spiro atoms. The number of aromatic nitrogens is 1. The van der Waals surface area contributed by atoms with Crippen molar-refractivity contribution < 1.29 is 26.5 Å². The summed E-state index contributed by atoms with van der Waals surface area (Å²) >= 11 is 0. The molecule has 0 saturated carbocycles. The van der Waals surface area contributed by atoms with Crippen LogP contribution in [0.1, 0.15) is 12.6 Å². The van der Waals surface area contributed by atoms with E-state index in [0.717, 1.165) is 23.6 Å². The molecule has 1 aromatic carbocycles. The number of hydrogen-bond acceptors (Lipinski definition) is 1. The molecule has 0 unspecified atom stereocenters. The minimum atomic E-state index is -6.00. The second kappa shape index (κ2) is 6.40. The van der Waals surface area contributed by atoms with E-state index < -0.39 is 7.25 Å². The fourth-order valence-corrected chi connectivity index (χ4v) is 1.53. The minimum Gasteiger partial charge on any atom is -0.418 e. The third kappa shape index (κ3) is 5.59. The maximum Gasteiger partial charge on any atom is 0.673 e. The van der Waals surface area contributed by atoms with Crippen LogP contribution in [0.4, 0.5) is 17.3 Å². The van der Waals surface area contributed by atoms with Gasteiger partial charge in [0.25, 0.3) is 0 Å². The van der Waals surface area contributed by atoms with E-state index in [9.17, 15) is 17.3 Å². The van der Waals surface area contributed by atoms with E-state index in [-0.39, 0.29) is 0 Å². The van der Waals surface area contributed by atoms with Gasteiger partial charge in [-0.2, -0.15) is 0 Å². The van der Waals surface area contributed by atoms with Gasteiger partial charge in [0.1, 0.15) is 0 Å². The maximum atomic E-state index is 9.75. The molecule has 0 aliphatic heterocycles. The monoisotopic (exact) mass is 275 g/mol. The van der Waals surface area contributed by atoms with Crippen LogP contribution in [0.25, 0.3) is 11.3 Å². The van der Waals surface area contributed by atoms with Crippen molar-refractivity contribution in [3.63, 3.8) is 0 Å². The van der Waals surface area contributed by atoms with Crippen molar-refractivity contribution in [2.75, 3.05) is 0 Å². The molecule has 19 heavy (non-hydrogen) atoms. The molecule has 2 aromatic rings. The molecule has 1 aromatic heterocycles. The zero-order valence-corrected chi connectivity index (χ0v) is 10.6. The zero-order valence-electron chi connectivity index (χ0n) is 10.6. The van der Waals surface area contributed by atoms with Crippen molar-refractivity contribution in [2.45, 2.75) is 20.4 Å². The van der Waals surface area contributed by atoms with E-state index in [1.54, 1.807) is 0 Å². The van der Waals surface area contributed by atoms with E-state index >= 15 is 0 Å². The first-order chi connectivity index (χ1) is 8.81. The van der Waals surface area contributed by atoms with Crippen molar-refractivity contribution in [3.8, 4) is 11.3 Å². The average Bonchev–Trinajstić information content (AvgIpc) is 2.70. The molecule has 0 bridgehead atoms. The first-order valence-electron chi connectivity index (χ1n) is 5.74. The highest BCUT2D eigenvalue weighted by Crippen LogP contribution is 2.18. The largest absolute Gasteiger partial charge is 0.673 e. The highest BCUT2D eigenvalue weighted by molar-refractivity contribution is 6.50. The number of rotatable bonds is 2. The highest BCUT2D eigenvalue weighted by Gasteiger charge is 2.20. The van der Waals surface area contributed by atoms with Crippen LogP contribution in [0.3, 0.4) is 0 Å². The summed E-state index contributed by atoms with van der Waals surface area (Å²) in [5, 5.41) is 0. The van der Waals surface area contributed by atoms with Gasteiger partial charge in [-0.3, -0.25) is 0 Å². The van der Waals surface area contributed by atoms with Gasteiger partial charge in [-0.15, -0.1) is 0 Å². The van der Waals surface area contributed by atoms with Crippen LogP contribution in [0.15, 0.2) is 40.9 Å². The van der Waals surface area contributed by atoms with Crippen LogP contribution >= 0.6 is 0 Å². The number of hydrogen-bond donors (Lipinski definition) is 0. The molecule has 0 fully saturated rings. The topological polar surface area (TPSA) is 17.0 Å². The Bertz CT molecular complexity index is 504. The number of benzene rings is 1. The maximum absolute atomic E-state index is 9.75. The van der Waals surface area contributed by atoms with Gasteiger partial charge in [0.2, 0.25) is 11.5 Å². The first-order valence-corrected chi connectivity index (χ1v) is 5.74. The van der Waals surface area contributed by atoms with Crippen molar-refractivity contribution in [1.82, 2.24) is 0 Å². The summed E-state index contributed by atoms with van der Waals surface area (Å²) < 4.78 is 46.6. The Balaban J connectivity index is 0.000000312. The summed E-state index contributed by atoms with van der Waals surface area (Å²) in [5.74, 6) is 0.935. The van der Waals surface area contributed by atoms with Crippen molar-refractivity contribution in [2.24, 2.45) is 0 Å². The van der Waals surface area contributed by atoms with Crippen molar-refractivity contribution in [1.29, 1.82) is 0 Å². The lowest BCUT2D eigenvalue weighted by atomic mass is 10.2. The lowest BCUT2D eigenvalue weighted by Crippen LogP contribution is -2.32. The Labute approximate surface area is 108 Å². The first kappa shape index (κ1) is 15.3. The molecule has 0 amide bonds. The lowest BCUT2D eigenvalue weighted by Gasteiger charge is -1.94. The number of aryl methyl sites for hydroxylation is 2. The summed E-state index contributed by atoms with van der Waals surface area (Å²) in [6.07, 6.45) is 0. The molecular formula is C12H14BF4NO. The summed E-state index contributed by atoms with van der Waals surface area (Å²) in [7, 11) is -6.00. The van der Waals surface area contributed by atoms with Crippen LogP contribution in [-0.4, -0.2) is 7.25 Å². The van der Waals surface area contributed by atoms with E-state index in [4.69, 9.17) is 4.52 Å². The molecule has 0 aliphatic carbocycles. The van der Waals surface area contributed by atoms with Crippen LogP contribution in [0.2, 0.25) is 0 Å². The van der Waals surface area contributed by atoms with Gasteiger partial charge in [-0.05, 0) is 11.7 Å². The van der Waals surface area contributed by atoms with Crippen molar-refractivity contribution in [3.05, 3.63) is 42.1 Å². The predicted octanol–water partition coefficient (Wildman–Crippen LogP) is 3.86. The SMILES string of the molecule is CC[n+]1oc(-c2ccccc2)cc1C.F[B-](F)(F)F. The fourth-order valence-electron chi connectivity index (χ4n) is 1.53. The Morgan fingerprint density at radius 3 is 2.05 bits per heavy atom. The minimum absolute atomic E-state index is 0.874. The summed E-state index contributed by atoms with van der Waals surface area (Å²) in [5.41, 5.74) is 2.29. The van der Waals surface area contributed by atoms with Gasteiger partial charge >= 0.3 is 7.25 Å². The van der Waals surface area contributed by atoms with Crippen LogP contribution in [0, 0.1) is 6.92 Å². The molecule has 0 radical (unpaired) electrons. The third-order valence-electron chi connectivity index (χ3n) is 2.29. The number of halogens is 4. The zero-order chi connectivity index (χ0) is 14.5. The number of nitrogens with zero attached hydrogens (tertiary/aromatic N) is 1. The van der Waals surface area contributed by atoms with E-state index in [0.29, 0.717) is 0 Å². The summed E-state index contributed by atoms with van der Waals surface area (Å²) in [6, 6.07) is 12.2. The Hall–Kier alpha value is -1.79. The highest BCUT2D eigenvalue weighted by atomic mass is 19.5. The molecule has 1 heterocycles. The van der Waals surface area contributed by atoms with E-state index in [2.05, 4.69) is 32.0 Å². The predicted molar refractivity (Wildman–Crippen MR) is 64.9 cm³/mol.